The lowest BCUT2D eigenvalue weighted by atomic mass is 10.1. The van der Waals surface area contributed by atoms with Gasteiger partial charge in [-0.1, -0.05) is 11.6 Å². The largest absolute Gasteiger partial charge is 0.398 e. The fourth-order valence-corrected chi connectivity index (χ4v) is 1.93. The maximum atomic E-state index is 12.1. The Kier molecular flexibility index (Phi) is 4.02. The number of carbonyl (C=O) groups is 1. The average Bonchev–Trinajstić information content (AvgIpc) is 2.39. The van der Waals surface area contributed by atoms with E-state index in [-0.39, 0.29) is 11.9 Å². The highest BCUT2D eigenvalue weighted by atomic mass is 35.5. The highest BCUT2D eigenvalue weighted by Gasteiger charge is 2.13. The number of hydrogen-bond donors (Lipinski definition) is 2. The third-order valence-corrected chi connectivity index (χ3v) is 3.05. The Morgan fingerprint density at radius 3 is 2.63 bits per heavy atom. The molecule has 0 fully saturated rings. The van der Waals surface area contributed by atoms with Gasteiger partial charge >= 0.3 is 0 Å². The number of rotatable bonds is 3. The first-order valence-corrected chi connectivity index (χ1v) is 6.21. The van der Waals surface area contributed by atoms with E-state index in [4.69, 9.17) is 17.3 Å². The van der Waals surface area contributed by atoms with Crippen molar-refractivity contribution in [1.82, 2.24) is 10.3 Å². The Morgan fingerprint density at radius 2 is 2.00 bits per heavy atom. The molecule has 0 spiro atoms. The van der Waals surface area contributed by atoms with Crippen LogP contribution >= 0.6 is 11.6 Å². The number of pyridine rings is 1. The Hall–Kier alpha value is -2.07. The summed E-state index contributed by atoms with van der Waals surface area (Å²) < 4.78 is 0. The quantitative estimate of drug-likeness (QED) is 0.847. The summed E-state index contributed by atoms with van der Waals surface area (Å²) in [4.78, 5) is 16.1. The van der Waals surface area contributed by atoms with Gasteiger partial charge in [0.25, 0.3) is 5.91 Å². The molecule has 5 heteroatoms. The molecular weight excluding hydrogens is 262 g/mol. The molecule has 0 aliphatic carbocycles. The van der Waals surface area contributed by atoms with Crippen LogP contribution in [-0.2, 0) is 0 Å². The van der Waals surface area contributed by atoms with E-state index in [1.807, 2.05) is 19.1 Å². The Bertz CT molecular complexity index is 586. The first kappa shape index (κ1) is 13.4. The summed E-state index contributed by atoms with van der Waals surface area (Å²) in [6.45, 7) is 1.90. The molecule has 1 unspecified atom stereocenters. The highest BCUT2D eigenvalue weighted by Crippen LogP contribution is 2.19. The summed E-state index contributed by atoms with van der Waals surface area (Å²) in [6.07, 6.45) is 3.38. The minimum atomic E-state index is -0.224. The van der Waals surface area contributed by atoms with Crippen LogP contribution in [0.5, 0.6) is 0 Å². The zero-order valence-electron chi connectivity index (χ0n) is 10.4. The lowest BCUT2D eigenvalue weighted by Gasteiger charge is -2.15. The molecule has 0 saturated heterocycles. The third-order valence-electron chi connectivity index (χ3n) is 2.81. The summed E-state index contributed by atoms with van der Waals surface area (Å²) in [5.74, 6) is -0.224. The van der Waals surface area contributed by atoms with Crippen LogP contribution in [0, 0.1) is 0 Å². The number of hydrogen-bond acceptors (Lipinski definition) is 3. The predicted octanol–water partition coefficient (Wildman–Crippen LogP) is 2.81. The molecule has 0 aliphatic heterocycles. The molecule has 2 rings (SSSR count). The number of benzene rings is 1. The molecule has 2 aromatic rings. The number of carbonyl (C=O) groups excluding carboxylic acids is 1. The van der Waals surface area contributed by atoms with Crippen LogP contribution in [0.25, 0.3) is 0 Å². The minimum Gasteiger partial charge on any atom is -0.398 e. The Balaban J connectivity index is 2.13. The van der Waals surface area contributed by atoms with Crippen molar-refractivity contribution in [3.8, 4) is 0 Å². The maximum absolute atomic E-state index is 12.1. The van der Waals surface area contributed by atoms with Gasteiger partial charge in [-0.2, -0.15) is 0 Å². The van der Waals surface area contributed by atoms with Gasteiger partial charge in [-0.3, -0.25) is 9.78 Å². The van der Waals surface area contributed by atoms with Gasteiger partial charge in [0.05, 0.1) is 11.6 Å². The first-order valence-electron chi connectivity index (χ1n) is 5.83. The molecular formula is C14H14ClN3O. The number of nitrogens with zero attached hydrogens (tertiary/aromatic N) is 1. The van der Waals surface area contributed by atoms with Crippen LogP contribution in [0.15, 0.2) is 42.7 Å². The van der Waals surface area contributed by atoms with Gasteiger partial charge in [-0.25, -0.2) is 0 Å². The van der Waals surface area contributed by atoms with Crippen LogP contribution in [0.1, 0.15) is 28.9 Å². The molecule has 1 aromatic carbocycles. The van der Waals surface area contributed by atoms with Crippen molar-refractivity contribution in [3.05, 3.63) is 58.9 Å². The maximum Gasteiger partial charge on any atom is 0.253 e. The average molecular weight is 276 g/mol. The third kappa shape index (κ3) is 3.23. The van der Waals surface area contributed by atoms with Gasteiger partial charge in [0.1, 0.15) is 0 Å². The Morgan fingerprint density at radius 1 is 1.32 bits per heavy atom. The van der Waals surface area contributed by atoms with E-state index in [1.165, 1.54) is 0 Å². The van der Waals surface area contributed by atoms with Gasteiger partial charge in [0.2, 0.25) is 0 Å². The fourth-order valence-electron chi connectivity index (χ4n) is 1.75. The number of amides is 1. The molecule has 1 aromatic heterocycles. The van der Waals surface area contributed by atoms with E-state index < -0.39 is 0 Å². The molecule has 3 N–H and O–H groups in total. The summed E-state index contributed by atoms with van der Waals surface area (Å²) in [5, 5.41) is 3.39. The SMILES string of the molecule is CC(NC(=O)c1ccc(Cl)cc1N)c1ccncc1. The van der Waals surface area contributed by atoms with E-state index >= 15 is 0 Å². The number of nitrogens with one attached hydrogen (secondary N) is 1. The van der Waals surface area contributed by atoms with E-state index in [9.17, 15) is 4.79 Å². The van der Waals surface area contributed by atoms with Crippen LogP contribution in [0.3, 0.4) is 0 Å². The summed E-state index contributed by atoms with van der Waals surface area (Å²) in [6, 6.07) is 8.42. The molecule has 0 saturated carbocycles. The van der Waals surface area contributed by atoms with Crippen molar-refractivity contribution in [2.45, 2.75) is 13.0 Å². The smallest absolute Gasteiger partial charge is 0.253 e. The molecule has 19 heavy (non-hydrogen) atoms. The molecule has 98 valence electrons. The molecule has 0 bridgehead atoms. The molecule has 1 amide bonds. The summed E-state index contributed by atoms with van der Waals surface area (Å²) >= 11 is 5.80. The van der Waals surface area contributed by atoms with Gasteiger partial charge < -0.3 is 11.1 Å². The zero-order chi connectivity index (χ0) is 13.8. The van der Waals surface area contributed by atoms with Crippen LogP contribution < -0.4 is 11.1 Å². The van der Waals surface area contributed by atoms with Gasteiger partial charge in [-0.05, 0) is 42.8 Å². The number of halogens is 1. The predicted molar refractivity (Wildman–Crippen MR) is 76.0 cm³/mol. The van der Waals surface area contributed by atoms with Crippen molar-refractivity contribution in [2.75, 3.05) is 5.73 Å². The van der Waals surface area contributed by atoms with Gasteiger partial charge in [0, 0.05) is 23.1 Å². The number of nitrogen functional groups attached to an aromatic ring is 1. The van der Waals surface area contributed by atoms with E-state index in [0.717, 1.165) is 5.56 Å². The lowest BCUT2D eigenvalue weighted by molar-refractivity contribution is 0.0941. The highest BCUT2D eigenvalue weighted by molar-refractivity contribution is 6.31. The normalized spacial score (nSPS) is 11.9. The van der Waals surface area contributed by atoms with Gasteiger partial charge in [-0.15, -0.1) is 0 Å². The van der Waals surface area contributed by atoms with Crippen molar-refractivity contribution in [2.24, 2.45) is 0 Å². The molecule has 0 radical (unpaired) electrons. The van der Waals surface area contributed by atoms with Crippen molar-refractivity contribution in [1.29, 1.82) is 0 Å². The second-order valence-corrected chi connectivity index (χ2v) is 4.64. The number of aromatic nitrogens is 1. The topological polar surface area (TPSA) is 68.0 Å². The molecule has 0 aliphatic rings. The number of nitrogens with two attached hydrogens (primary N) is 1. The standard InChI is InChI=1S/C14H14ClN3O/c1-9(10-4-6-17-7-5-10)18-14(19)12-3-2-11(15)8-13(12)16/h2-9H,16H2,1H3,(H,18,19). The van der Waals surface area contributed by atoms with Crippen molar-refractivity contribution in [3.63, 3.8) is 0 Å². The first-order chi connectivity index (χ1) is 9.08. The monoisotopic (exact) mass is 275 g/mol. The molecule has 1 heterocycles. The second-order valence-electron chi connectivity index (χ2n) is 4.21. The molecule has 4 nitrogen and oxygen atoms in total. The summed E-state index contributed by atoms with van der Waals surface area (Å²) in [5.41, 5.74) is 7.55. The van der Waals surface area contributed by atoms with E-state index in [0.29, 0.717) is 16.3 Å². The zero-order valence-corrected chi connectivity index (χ0v) is 11.2. The van der Waals surface area contributed by atoms with Gasteiger partial charge in [0.15, 0.2) is 0 Å². The summed E-state index contributed by atoms with van der Waals surface area (Å²) in [7, 11) is 0. The van der Waals surface area contributed by atoms with E-state index in [1.54, 1.807) is 30.6 Å². The van der Waals surface area contributed by atoms with Crippen molar-refractivity contribution >= 4 is 23.2 Å². The Labute approximate surface area is 116 Å². The molecule has 1 atom stereocenters. The van der Waals surface area contributed by atoms with Crippen LogP contribution in [0.2, 0.25) is 5.02 Å². The minimum absolute atomic E-state index is 0.120. The number of anilines is 1. The van der Waals surface area contributed by atoms with Crippen molar-refractivity contribution < 1.29 is 4.79 Å². The fraction of sp³-hybridized carbons (Fsp3) is 0.143. The van der Waals surface area contributed by atoms with Crippen LogP contribution in [0.4, 0.5) is 5.69 Å². The van der Waals surface area contributed by atoms with E-state index in [2.05, 4.69) is 10.3 Å². The van der Waals surface area contributed by atoms with Crippen LogP contribution in [-0.4, -0.2) is 10.9 Å². The second kappa shape index (κ2) is 5.71. The lowest BCUT2D eigenvalue weighted by Crippen LogP contribution is -2.27.